The lowest BCUT2D eigenvalue weighted by Gasteiger charge is -2.17. The summed E-state index contributed by atoms with van der Waals surface area (Å²) in [7, 11) is 0. The van der Waals surface area contributed by atoms with Crippen molar-refractivity contribution in [3.05, 3.63) is 0 Å². The molecule has 0 spiro atoms. The molecule has 0 aromatic heterocycles. The average Bonchev–Trinajstić information content (AvgIpc) is 2.83. The van der Waals surface area contributed by atoms with Crippen LogP contribution in [0, 0.1) is 5.92 Å². The molecule has 3 N–H and O–H groups in total. The Kier molecular flexibility index (Phi) is 3.93. The van der Waals surface area contributed by atoms with Crippen LogP contribution < -0.4 is 11.1 Å². The molecule has 1 aliphatic carbocycles. The number of nitrogens with two attached hydrogens (primary N) is 1. The van der Waals surface area contributed by atoms with Crippen molar-refractivity contribution in [3.63, 3.8) is 0 Å². The molecule has 3 heteroatoms. The van der Waals surface area contributed by atoms with Gasteiger partial charge in [-0.05, 0) is 32.6 Å². The van der Waals surface area contributed by atoms with Crippen molar-refractivity contribution in [1.29, 1.82) is 0 Å². The third-order valence-electron chi connectivity index (χ3n) is 2.57. The summed E-state index contributed by atoms with van der Waals surface area (Å²) >= 11 is 0. The van der Waals surface area contributed by atoms with Crippen molar-refractivity contribution >= 4 is 5.91 Å². The minimum Gasteiger partial charge on any atom is -0.356 e. The molecular formula is C11H22N2O. The Morgan fingerprint density at radius 3 is 2.64 bits per heavy atom. The summed E-state index contributed by atoms with van der Waals surface area (Å²) in [6, 6.07) is 0. The number of hydrogen-bond donors (Lipinski definition) is 2. The average molecular weight is 198 g/mol. The van der Waals surface area contributed by atoms with Crippen LogP contribution in [-0.4, -0.2) is 18.0 Å². The molecule has 1 fully saturated rings. The van der Waals surface area contributed by atoms with Crippen molar-refractivity contribution < 1.29 is 4.79 Å². The molecule has 0 aromatic rings. The summed E-state index contributed by atoms with van der Waals surface area (Å²) < 4.78 is 0. The van der Waals surface area contributed by atoms with Crippen molar-refractivity contribution in [2.75, 3.05) is 6.54 Å². The van der Waals surface area contributed by atoms with Gasteiger partial charge >= 0.3 is 0 Å². The SMILES string of the molecule is CC(C)(N)CCC(=O)NCCC1CC1. The van der Waals surface area contributed by atoms with Gasteiger partial charge in [0.1, 0.15) is 0 Å². The molecule has 0 aliphatic heterocycles. The second-order valence-corrected chi connectivity index (χ2v) is 5.07. The molecule has 0 aromatic carbocycles. The molecule has 0 atom stereocenters. The second-order valence-electron chi connectivity index (χ2n) is 5.07. The van der Waals surface area contributed by atoms with E-state index >= 15 is 0 Å². The van der Waals surface area contributed by atoms with Gasteiger partial charge in [-0.3, -0.25) is 4.79 Å². The monoisotopic (exact) mass is 198 g/mol. The van der Waals surface area contributed by atoms with Crippen LogP contribution in [0.1, 0.15) is 46.0 Å². The predicted molar refractivity (Wildman–Crippen MR) is 57.9 cm³/mol. The second kappa shape index (κ2) is 4.78. The van der Waals surface area contributed by atoms with E-state index in [2.05, 4.69) is 5.32 Å². The molecule has 3 nitrogen and oxygen atoms in total. The third kappa shape index (κ3) is 5.97. The standard InChI is InChI=1S/C11H22N2O/c1-11(2,12)7-5-10(14)13-8-6-9-3-4-9/h9H,3-8,12H2,1-2H3,(H,13,14). The number of nitrogens with one attached hydrogen (secondary N) is 1. The van der Waals surface area contributed by atoms with Crippen LogP contribution in [0.3, 0.4) is 0 Å². The Morgan fingerprint density at radius 1 is 1.50 bits per heavy atom. The number of hydrogen-bond acceptors (Lipinski definition) is 2. The van der Waals surface area contributed by atoms with Gasteiger partial charge in [-0.15, -0.1) is 0 Å². The number of carbonyl (C=O) groups excluding carboxylic acids is 1. The van der Waals surface area contributed by atoms with Crippen LogP contribution >= 0.6 is 0 Å². The Balaban J connectivity index is 1.97. The molecule has 1 amide bonds. The first-order valence-corrected chi connectivity index (χ1v) is 5.53. The van der Waals surface area contributed by atoms with Gasteiger partial charge in [-0.2, -0.15) is 0 Å². The van der Waals surface area contributed by atoms with E-state index in [9.17, 15) is 4.79 Å². The maximum atomic E-state index is 11.3. The molecular weight excluding hydrogens is 176 g/mol. The fourth-order valence-electron chi connectivity index (χ4n) is 1.35. The fourth-order valence-corrected chi connectivity index (χ4v) is 1.35. The van der Waals surface area contributed by atoms with Crippen LogP contribution in [-0.2, 0) is 4.79 Å². The highest BCUT2D eigenvalue weighted by atomic mass is 16.1. The summed E-state index contributed by atoms with van der Waals surface area (Å²) in [5, 5.41) is 2.93. The highest BCUT2D eigenvalue weighted by Gasteiger charge is 2.20. The van der Waals surface area contributed by atoms with Gasteiger partial charge in [0.2, 0.25) is 5.91 Å². The predicted octanol–water partition coefficient (Wildman–Crippen LogP) is 1.42. The highest BCUT2D eigenvalue weighted by molar-refractivity contribution is 5.75. The summed E-state index contributed by atoms with van der Waals surface area (Å²) in [5.41, 5.74) is 5.56. The Bertz CT molecular complexity index is 192. The lowest BCUT2D eigenvalue weighted by atomic mass is 10.00. The third-order valence-corrected chi connectivity index (χ3v) is 2.57. The topological polar surface area (TPSA) is 55.1 Å². The zero-order chi connectivity index (χ0) is 10.6. The lowest BCUT2D eigenvalue weighted by Crippen LogP contribution is -2.34. The Hall–Kier alpha value is -0.570. The number of amides is 1. The van der Waals surface area contributed by atoms with Crippen molar-refractivity contribution in [2.24, 2.45) is 11.7 Å². The van der Waals surface area contributed by atoms with E-state index in [1.54, 1.807) is 0 Å². The van der Waals surface area contributed by atoms with Crippen LogP contribution in [0.15, 0.2) is 0 Å². The van der Waals surface area contributed by atoms with Gasteiger partial charge in [-0.1, -0.05) is 12.8 Å². The van der Waals surface area contributed by atoms with Crippen LogP contribution in [0.5, 0.6) is 0 Å². The molecule has 0 saturated heterocycles. The van der Waals surface area contributed by atoms with Crippen molar-refractivity contribution in [3.8, 4) is 0 Å². The molecule has 0 bridgehead atoms. The summed E-state index contributed by atoms with van der Waals surface area (Å²) in [6.45, 7) is 4.74. The number of carbonyl (C=O) groups is 1. The van der Waals surface area contributed by atoms with Crippen LogP contribution in [0.25, 0.3) is 0 Å². The molecule has 1 aliphatic rings. The van der Waals surface area contributed by atoms with Crippen molar-refractivity contribution in [1.82, 2.24) is 5.32 Å². The van der Waals surface area contributed by atoms with E-state index in [0.29, 0.717) is 6.42 Å². The van der Waals surface area contributed by atoms with Gasteiger partial charge in [0.05, 0.1) is 0 Å². The van der Waals surface area contributed by atoms with Gasteiger partial charge < -0.3 is 11.1 Å². The van der Waals surface area contributed by atoms with Crippen molar-refractivity contribution in [2.45, 2.75) is 51.5 Å². The van der Waals surface area contributed by atoms with E-state index in [-0.39, 0.29) is 11.4 Å². The van der Waals surface area contributed by atoms with E-state index in [1.165, 1.54) is 12.8 Å². The smallest absolute Gasteiger partial charge is 0.220 e. The molecule has 0 unspecified atom stereocenters. The molecule has 82 valence electrons. The summed E-state index contributed by atoms with van der Waals surface area (Å²) in [6.07, 6.45) is 5.16. The van der Waals surface area contributed by atoms with E-state index < -0.39 is 0 Å². The fraction of sp³-hybridized carbons (Fsp3) is 0.909. The summed E-state index contributed by atoms with van der Waals surface area (Å²) in [5.74, 6) is 1.03. The first kappa shape index (κ1) is 11.5. The van der Waals surface area contributed by atoms with Crippen LogP contribution in [0.2, 0.25) is 0 Å². The molecule has 0 radical (unpaired) electrons. The van der Waals surface area contributed by atoms with Gasteiger partial charge in [-0.25, -0.2) is 0 Å². The van der Waals surface area contributed by atoms with E-state index in [0.717, 1.165) is 25.3 Å². The zero-order valence-corrected chi connectivity index (χ0v) is 9.31. The normalized spacial score (nSPS) is 16.8. The van der Waals surface area contributed by atoms with Gasteiger partial charge in [0, 0.05) is 18.5 Å². The first-order valence-electron chi connectivity index (χ1n) is 5.53. The Labute approximate surface area is 86.4 Å². The maximum Gasteiger partial charge on any atom is 0.220 e. The van der Waals surface area contributed by atoms with E-state index in [1.807, 2.05) is 13.8 Å². The molecule has 1 rings (SSSR count). The molecule has 14 heavy (non-hydrogen) atoms. The lowest BCUT2D eigenvalue weighted by molar-refractivity contribution is -0.121. The minimum atomic E-state index is -0.228. The maximum absolute atomic E-state index is 11.3. The summed E-state index contributed by atoms with van der Waals surface area (Å²) in [4.78, 5) is 11.3. The van der Waals surface area contributed by atoms with E-state index in [4.69, 9.17) is 5.73 Å². The minimum absolute atomic E-state index is 0.143. The van der Waals surface area contributed by atoms with Crippen LogP contribution in [0.4, 0.5) is 0 Å². The first-order chi connectivity index (χ1) is 6.47. The quantitative estimate of drug-likeness (QED) is 0.678. The van der Waals surface area contributed by atoms with Gasteiger partial charge in [0.15, 0.2) is 0 Å². The highest BCUT2D eigenvalue weighted by Crippen LogP contribution is 2.31. The largest absolute Gasteiger partial charge is 0.356 e. The Morgan fingerprint density at radius 2 is 2.14 bits per heavy atom. The zero-order valence-electron chi connectivity index (χ0n) is 9.31. The molecule has 1 saturated carbocycles. The van der Waals surface area contributed by atoms with Gasteiger partial charge in [0.25, 0.3) is 0 Å². The number of rotatable bonds is 6. The molecule has 0 heterocycles.